The molecular weight excluding hydrogens is 488 g/mol. The fourth-order valence-corrected chi connectivity index (χ4v) is 6.03. The van der Waals surface area contributed by atoms with Crippen molar-refractivity contribution < 1.29 is 35.5 Å². The Kier molecular flexibility index (Phi) is 6.13. The Morgan fingerprint density at radius 1 is 1.09 bits per heavy atom. The largest absolute Gasteiger partial charge is 0.368 e. The number of hydrogen-bond acceptors (Lipinski definition) is 4. The molecule has 35 heavy (non-hydrogen) atoms. The van der Waals surface area contributed by atoms with Gasteiger partial charge in [-0.3, -0.25) is 4.79 Å². The lowest BCUT2D eigenvalue weighted by atomic mass is 9.91. The third-order valence-corrected chi connectivity index (χ3v) is 8.18. The molecule has 1 amide bonds. The van der Waals surface area contributed by atoms with E-state index in [9.17, 15) is 26.4 Å². The summed E-state index contributed by atoms with van der Waals surface area (Å²) in [4.78, 5) is 14.7. The molecule has 2 aromatic carbocycles. The fourth-order valence-electron chi connectivity index (χ4n) is 5.17. The van der Waals surface area contributed by atoms with E-state index in [1.165, 1.54) is 35.2 Å². The molecule has 2 saturated heterocycles. The van der Waals surface area contributed by atoms with Gasteiger partial charge in [0.25, 0.3) is 5.91 Å². The van der Waals surface area contributed by atoms with Crippen molar-refractivity contribution >= 4 is 15.9 Å². The fraction of sp³-hybridized carbons (Fsp3) is 0.458. The Hall–Kier alpha value is -2.50. The van der Waals surface area contributed by atoms with E-state index in [0.29, 0.717) is 25.9 Å². The standard InChI is InChI=1S/C24H24F4N2O4S/c25-13-35(32,33)29-22-18(30(12-24(22)8-9-24)23(31)19-7-10-34-19)11-14-3-1-4-15(20(14)27)16-5-2-6-17(26)21(16)28/h1-6,18-19,22,29H,7-13H2/t18-,19+,22+/m0/s1. The van der Waals surface area contributed by atoms with Crippen LogP contribution in [0.1, 0.15) is 24.8 Å². The van der Waals surface area contributed by atoms with Gasteiger partial charge < -0.3 is 9.64 Å². The summed E-state index contributed by atoms with van der Waals surface area (Å²) in [6.45, 7) is 0.684. The summed E-state index contributed by atoms with van der Waals surface area (Å²) in [6, 6.07) is 4.49. The van der Waals surface area contributed by atoms with Crippen LogP contribution in [0.2, 0.25) is 0 Å². The van der Waals surface area contributed by atoms with Crippen LogP contribution in [0.3, 0.4) is 0 Å². The number of rotatable bonds is 7. The number of hydrogen-bond donors (Lipinski definition) is 1. The van der Waals surface area contributed by atoms with Crippen LogP contribution >= 0.6 is 0 Å². The Morgan fingerprint density at radius 2 is 1.74 bits per heavy atom. The lowest BCUT2D eigenvalue weighted by molar-refractivity contribution is -0.157. The third kappa shape index (κ3) is 4.34. The minimum absolute atomic E-state index is 0.101. The van der Waals surface area contributed by atoms with Crippen molar-refractivity contribution in [3.63, 3.8) is 0 Å². The molecule has 1 saturated carbocycles. The molecular formula is C24H24F4N2O4S. The van der Waals surface area contributed by atoms with Crippen molar-refractivity contribution in [3.8, 4) is 11.1 Å². The van der Waals surface area contributed by atoms with Gasteiger partial charge in [0.15, 0.2) is 11.6 Å². The molecule has 11 heteroatoms. The van der Waals surface area contributed by atoms with E-state index in [0.717, 1.165) is 6.07 Å². The number of sulfonamides is 1. The van der Waals surface area contributed by atoms with Gasteiger partial charge in [0, 0.05) is 35.5 Å². The van der Waals surface area contributed by atoms with Crippen molar-refractivity contribution in [1.29, 1.82) is 0 Å². The van der Waals surface area contributed by atoms with Gasteiger partial charge in [-0.25, -0.2) is 30.7 Å². The quantitative estimate of drug-likeness (QED) is 0.578. The highest BCUT2D eigenvalue weighted by atomic mass is 32.2. The van der Waals surface area contributed by atoms with E-state index in [1.54, 1.807) is 0 Å². The molecule has 188 valence electrons. The number of ether oxygens (including phenoxy) is 1. The number of nitrogens with one attached hydrogen (secondary N) is 1. The van der Waals surface area contributed by atoms with E-state index >= 15 is 4.39 Å². The second-order valence-corrected chi connectivity index (χ2v) is 11.1. The molecule has 3 atom stereocenters. The summed E-state index contributed by atoms with van der Waals surface area (Å²) in [6.07, 6.45) is 1.04. The first kappa shape index (κ1) is 24.2. The van der Waals surface area contributed by atoms with Gasteiger partial charge >= 0.3 is 0 Å². The number of likely N-dealkylation sites (tertiary alicyclic amines) is 1. The molecule has 1 spiro atoms. The molecule has 0 aromatic heterocycles. The van der Waals surface area contributed by atoms with Crippen LogP contribution in [0.4, 0.5) is 17.6 Å². The van der Waals surface area contributed by atoms with Crippen LogP contribution < -0.4 is 4.72 Å². The SMILES string of the molecule is O=C([C@H]1CCO1)N1CC2(CC2)[C@H](NS(=O)(=O)CF)[C@@H]1Cc1cccc(-c2cccc(F)c2F)c1F. The number of amides is 1. The van der Waals surface area contributed by atoms with Crippen LogP contribution in [0.15, 0.2) is 36.4 Å². The number of carbonyl (C=O) groups excluding carboxylic acids is 1. The predicted octanol–water partition coefficient (Wildman–Crippen LogP) is 3.31. The van der Waals surface area contributed by atoms with Gasteiger partial charge in [-0.15, -0.1) is 0 Å². The van der Waals surface area contributed by atoms with E-state index in [4.69, 9.17) is 4.74 Å². The zero-order chi connectivity index (χ0) is 25.0. The van der Waals surface area contributed by atoms with Gasteiger partial charge in [-0.05, 0) is 30.9 Å². The predicted molar refractivity (Wildman–Crippen MR) is 119 cm³/mol. The lowest BCUT2D eigenvalue weighted by Gasteiger charge is -2.34. The van der Waals surface area contributed by atoms with E-state index < -0.39 is 57.1 Å². The number of alkyl halides is 1. The second-order valence-electron chi connectivity index (χ2n) is 9.45. The molecule has 2 aliphatic heterocycles. The highest BCUT2D eigenvalue weighted by Crippen LogP contribution is 2.56. The maximum atomic E-state index is 15.6. The van der Waals surface area contributed by atoms with Gasteiger partial charge in [-0.1, -0.05) is 30.3 Å². The van der Waals surface area contributed by atoms with Gasteiger partial charge in [0.2, 0.25) is 16.0 Å². The highest BCUT2D eigenvalue weighted by molar-refractivity contribution is 7.89. The Labute approximate surface area is 200 Å². The number of carbonyl (C=O) groups is 1. The van der Waals surface area contributed by atoms with Gasteiger partial charge in [0.05, 0.1) is 12.6 Å². The lowest BCUT2D eigenvalue weighted by Crippen LogP contribution is -2.53. The summed E-state index contributed by atoms with van der Waals surface area (Å²) < 4.78 is 89.0. The molecule has 6 nitrogen and oxygen atoms in total. The molecule has 5 rings (SSSR count). The summed E-state index contributed by atoms with van der Waals surface area (Å²) in [5, 5.41) is 0. The van der Waals surface area contributed by atoms with Crippen LogP contribution in [-0.4, -0.2) is 56.6 Å². The van der Waals surface area contributed by atoms with E-state index in [-0.39, 0.29) is 35.6 Å². The molecule has 2 heterocycles. The zero-order valence-corrected chi connectivity index (χ0v) is 19.5. The van der Waals surface area contributed by atoms with Crippen molar-refractivity contribution in [1.82, 2.24) is 9.62 Å². The summed E-state index contributed by atoms with van der Waals surface area (Å²) in [5.41, 5.74) is -0.861. The van der Waals surface area contributed by atoms with Crippen molar-refractivity contribution in [3.05, 3.63) is 59.4 Å². The van der Waals surface area contributed by atoms with Crippen molar-refractivity contribution in [2.45, 2.75) is 43.9 Å². The second kappa shape index (κ2) is 8.86. The van der Waals surface area contributed by atoms with Crippen LogP contribution in [0, 0.1) is 22.9 Å². The van der Waals surface area contributed by atoms with Crippen molar-refractivity contribution in [2.75, 3.05) is 19.2 Å². The van der Waals surface area contributed by atoms with Gasteiger partial charge in [-0.2, -0.15) is 0 Å². The molecule has 1 aliphatic carbocycles. The first-order chi connectivity index (χ1) is 16.7. The summed E-state index contributed by atoms with van der Waals surface area (Å²) in [7, 11) is -4.26. The molecule has 0 radical (unpaired) electrons. The number of halogens is 4. The van der Waals surface area contributed by atoms with Crippen LogP contribution in [-0.2, 0) is 26.0 Å². The topological polar surface area (TPSA) is 75.7 Å². The Morgan fingerprint density at radius 3 is 2.34 bits per heavy atom. The van der Waals surface area contributed by atoms with E-state index in [1.807, 2.05) is 0 Å². The monoisotopic (exact) mass is 512 g/mol. The molecule has 2 aromatic rings. The van der Waals surface area contributed by atoms with Crippen molar-refractivity contribution in [2.24, 2.45) is 5.41 Å². The molecule has 3 fully saturated rings. The molecule has 0 bridgehead atoms. The molecule has 0 unspecified atom stereocenters. The maximum Gasteiger partial charge on any atom is 0.252 e. The molecule has 1 N–H and O–H groups in total. The highest BCUT2D eigenvalue weighted by Gasteiger charge is 2.62. The minimum Gasteiger partial charge on any atom is -0.368 e. The number of nitrogens with zero attached hydrogens (tertiary/aromatic N) is 1. The van der Waals surface area contributed by atoms with Crippen LogP contribution in [0.5, 0.6) is 0 Å². The third-order valence-electron chi connectivity index (χ3n) is 7.28. The first-order valence-corrected chi connectivity index (χ1v) is 13.0. The molecule has 3 aliphatic rings. The summed E-state index contributed by atoms with van der Waals surface area (Å²) >= 11 is 0. The summed E-state index contributed by atoms with van der Waals surface area (Å²) in [5.74, 6) is -3.42. The Bertz CT molecular complexity index is 1260. The normalized spacial score (nSPS) is 25.0. The zero-order valence-electron chi connectivity index (χ0n) is 18.6. The van der Waals surface area contributed by atoms with Gasteiger partial charge in [0.1, 0.15) is 11.9 Å². The van der Waals surface area contributed by atoms with Crippen LogP contribution in [0.25, 0.3) is 11.1 Å². The number of benzene rings is 2. The Balaban J connectivity index is 1.52. The maximum absolute atomic E-state index is 15.6. The average molecular weight is 513 g/mol. The average Bonchev–Trinajstić information content (AvgIpc) is 3.51. The minimum atomic E-state index is -4.26. The van der Waals surface area contributed by atoms with E-state index in [2.05, 4.69) is 4.72 Å². The smallest absolute Gasteiger partial charge is 0.252 e. The first-order valence-electron chi connectivity index (χ1n) is 11.4.